The highest BCUT2D eigenvalue weighted by molar-refractivity contribution is 7.89. The fourth-order valence-electron chi connectivity index (χ4n) is 2.30. The number of fused-ring (bicyclic) bond motifs is 1. The zero-order valence-corrected chi connectivity index (χ0v) is 17.6. The second-order valence-electron chi connectivity index (χ2n) is 5.86. The molecule has 1 aromatic heterocycles. The number of hydrogen-bond donors (Lipinski definition) is 1. The van der Waals surface area contributed by atoms with Crippen molar-refractivity contribution in [3.63, 3.8) is 0 Å². The molecule has 10 heteroatoms. The molecule has 28 heavy (non-hydrogen) atoms. The molecule has 0 aliphatic carbocycles. The van der Waals surface area contributed by atoms with Gasteiger partial charge in [0.05, 0.1) is 15.1 Å². The summed E-state index contributed by atoms with van der Waals surface area (Å²) in [6.07, 6.45) is 0. The van der Waals surface area contributed by atoms with Crippen LogP contribution >= 0.6 is 22.9 Å². The summed E-state index contributed by atoms with van der Waals surface area (Å²) in [7, 11) is -2.01. The molecule has 0 saturated heterocycles. The van der Waals surface area contributed by atoms with Crippen LogP contribution in [0.3, 0.4) is 0 Å². The van der Waals surface area contributed by atoms with Gasteiger partial charge in [0.2, 0.25) is 10.0 Å². The maximum Gasteiger partial charge on any atom is 0.264 e. The first-order chi connectivity index (χ1) is 13.3. The van der Waals surface area contributed by atoms with E-state index in [1.807, 2.05) is 0 Å². The Hall–Kier alpha value is -2.20. The number of ether oxygens (including phenoxy) is 1. The third kappa shape index (κ3) is 4.61. The highest BCUT2D eigenvalue weighted by atomic mass is 35.5. The lowest BCUT2D eigenvalue weighted by atomic mass is 10.3. The van der Waals surface area contributed by atoms with Crippen LogP contribution in [-0.2, 0) is 14.8 Å². The number of thiazole rings is 1. The van der Waals surface area contributed by atoms with Gasteiger partial charge in [-0.15, -0.1) is 0 Å². The lowest BCUT2D eigenvalue weighted by Crippen LogP contribution is -2.26. The van der Waals surface area contributed by atoms with Gasteiger partial charge in [0.25, 0.3) is 5.91 Å². The lowest BCUT2D eigenvalue weighted by Gasteiger charge is -2.14. The summed E-state index contributed by atoms with van der Waals surface area (Å²) < 4.78 is 32.2. The molecule has 148 valence electrons. The van der Waals surface area contributed by atoms with E-state index >= 15 is 0 Å². The predicted octanol–water partition coefficient (Wildman–Crippen LogP) is 3.61. The first kappa shape index (κ1) is 20.5. The van der Waals surface area contributed by atoms with Crippen molar-refractivity contribution in [3.8, 4) is 5.75 Å². The summed E-state index contributed by atoms with van der Waals surface area (Å²) in [5.41, 5.74) is 0.608. The Morgan fingerprint density at radius 2 is 1.96 bits per heavy atom. The van der Waals surface area contributed by atoms with Crippen LogP contribution in [0.5, 0.6) is 5.75 Å². The van der Waals surface area contributed by atoms with Crippen LogP contribution in [0.15, 0.2) is 47.4 Å². The smallest absolute Gasteiger partial charge is 0.264 e. The molecule has 1 amide bonds. The molecule has 7 nitrogen and oxygen atoms in total. The molecule has 1 N–H and O–H groups in total. The molecule has 0 spiro atoms. The summed E-state index contributed by atoms with van der Waals surface area (Å²) in [5.74, 6) is 0.159. The lowest BCUT2D eigenvalue weighted by molar-refractivity contribution is -0.118. The second-order valence-corrected chi connectivity index (χ2v) is 9.37. The van der Waals surface area contributed by atoms with Gasteiger partial charge < -0.3 is 4.74 Å². The van der Waals surface area contributed by atoms with Gasteiger partial charge in [-0.05, 0) is 42.5 Å². The van der Waals surface area contributed by atoms with Crippen LogP contribution in [0.4, 0.5) is 5.13 Å². The number of hydrogen-bond acceptors (Lipinski definition) is 6. The summed E-state index contributed by atoms with van der Waals surface area (Å²) in [6.45, 7) is 1.96. The zero-order valence-electron chi connectivity index (χ0n) is 15.2. The molecule has 0 aliphatic rings. The maximum absolute atomic E-state index is 12.4. The molecule has 0 unspecified atom stereocenters. The largest absolute Gasteiger partial charge is 0.484 e. The summed E-state index contributed by atoms with van der Waals surface area (Å²) in [6, 6.07) is 11.4. The molecule has 3 aromatic rings. The minimum Gasteiger partial charge on any atom is -0.484 e. The molecule has 0 bridgehead atoms. The van der Waals surface area contributed by atoms with Crippen molar-refractivity contribution < 1.29 is 17.9 Å². The Bertz CT molecular complexity index is 1100. The molecule has 0 aliphatic heterocycles. The number of nitrogens with zero attached hydrogens (tertiary/aromatic N) is 2. The third-order valence-corrected chi connectivity index (χ3v) is 7.06. The van der Waals surface area contributed by atoms with Gasteiger partial charge in [0, 0.05) is 18.6 Å². The van der Waals surface area contributed by atoms with Crippen LogP contribution in [0, 0.1) is 0 Å². The Kier molecular flexibility index (Phi) is 6.19. The number of carbonyl (C=O) groups excluding carboxylic acids is 1. The van der Waals surface area contributed by atoms with Gasteiger partial charge in [-0.3, -0.25) is 10.1 Å². The fourth-order valence-corrected chi connectivity index (χ4v) is 4.63. The topological polar surface area (TPSA) is 88.6 Å². The van der Waals surface area contributed by atoms with E-state index in [9.17, 15) is 13.2 Å². The number of benzene rings is 2. The number of nitrogens with one attached hydrogen (secondary N) is 1. The third-order valence-electron chi connectivity index (χ3n) is 3.94. The van der Waals surface area contributed by atoms with Gasteiger partial charge in [0.1, 0.15) is 5.75 Å². The average molecular weight is 440 g/mol. The van der Waals surface area contributed by atoms with E-state index in [1.54, 1.807) is 43.3 Å². The maximum atomic E-state index is 12.4. The van der Waals surface area contributed by atoms with E-state index in [2.05, 4.69) is 10.3 Å². The minimum atomic E-state index is -3.54. The SMILES string of the molecule is CCN(C)S(=O)(=O)c1ccc2nc(NC(=O)COc3ccc(Cl)cc3)sc2c1. The standard InChI is InChI=1S/C18H18ClN3O4S2/c1-3-22(2)28(24,25)14-8-9-15-16(10-14)27-18(20-15)21-17(23)11-26-13-6-4-12(19)5-7-13/h4-10H,3,11H2,1-2H3,(H,20,21,23). The van der Waals surface area contributed by atoms with Crippen molar-refractivity contribution in [2.75, 3.05) is 25.5 Å². The Morgan fingerprint density at radius 1 is 1.25 bits per heavy atom. The van der Waals surface area contributed by atoms with Crippen molar-refractivity contribution in [2.24, 2.45) is 0 Å². The van der Waals surface area contributed by atoms with Gasteiger partial charge in [0.15, 0.2) is 11.7 Å². The molecule has 0 atom stereocenters. The van der Waals surface area contributed by atoms with Gasteiger partial charge >= 0.3 is 0 Å². The average Bonchev–Trinajstić information content (AvgIpc) is 3.08. The van der Waals surface area contributed by atoms with Crippen molar-refractivity contribution in [2.45, 2.75) is 11.8 Å². The first-order valence-electron chi connectivity index (χ1n) is 8.34. The normalized spacial score (nSPS) is 11.7. The monoisotopic (exact) mass is 439 g/mol. The Balaban J connectivity index is 1.70. The molecule has 0 saturated carbocycles. The van der Waals surface area contributed by atoms with E-state index < -0.39 is 10.0 Å². The van der Waals surface area contributed by atoms with Crippen LogP contribution in [-0.4, -0.2) is 43.8 Å². The molecule has 0 radical (unpaired) electrons. The number of amides is 1. The fraction of sp³-hybridized carbons (Fsp3) is 0.222. The van der Waals surface area contributed by atoms with Crippen LogP contribution < -0.4 is 10.1 Å². The molecule has 1 heterocycles. The second kappa shape index (κ2) is 8.44. The van der Waals surface area contributed by atoms with E-state index in [1.165, 1.54) is 28.8 Å². The van der Waals surface area contributed by atoms with Crippen LogP contribution in [0.25, 0.3) is 10.2 Å². The number of halogens is 1. The van der Waals surface area contributed by atoms with Crippen LogP contribution in [0.1, 0.15) is 6.92 Å². The molecular formula is C18H18ClN3O4S2. The predicted molar refractivity (Wildman–Crippen MR) is 111 cm³/mol. The number of rotatable bonds is 7. The van der Waals surface area contributed by atoms with Gasteiger partial charge in [-0.1, -0.05) is 29.9 Å². The quantitative estimate of drug-likeness (QED) is 0.607. The number of carbonyl (C=O) groups is 1. The molecule has 3 rings (SSSR count). The zero-order chi connectivity index (χ0) is 20.3. The van der Waals surface area contributed by atoms with E-state index in [-0.39, 0.29) is 17.4 Å². The molecular weight excluding hydrogens is 422 g/mol. The summed E-state index contributed by atoms with van der Waals surface area (Å²) >= 11 is 7.00. The van der Waals surface area contributed by atoms with Crippen molar-refractivity contribution >= 4 is 54.2 Å². The summed E-state index contributed by atoms with van der Waals surface area (Å²) in [4.78, 5) is 16.6. The van der Waals surface area contributed by atoms with Crippen molar-refractivity contribution in [3.05, 3.63) is 47.5 Å². The summed E-state index contributed by atoms with van der Waals surface area (Å²) in [5, 5.41) is 3.62. The number of anilines is 1. The van der Waals surface area contributed by atoms with Crippen molar-refractivity contribution in [1.29, 1.82) is 0 Å². The van der Waals surface area contributed by atoms with E-state index in [0.717, 1.165) is 0 Å². The van der Waals surface area contributed by atoms with Crippen molar-refractivity contribution in [1.82, 2.24) is 9.29 Å². The Morgan fingerprint density at radius 3 is 2.64 bits per heavy atom. The van der Waals surface area contributed by atoms with E-state index in [4.69, 9.17) is 16.3 Å². The van der Waals surface area contributed by atoms with Crippen LogP contribution in [0.2, 0.25) is 5.02 Å². The van der Waals surface area contributed by atoms with Gasteiger partial charge in [-0.2, -0.15) is 0 Å². The molecule has 0 fully saturated rings. The van der Waals surface area contributed by atoms with E-state index in [0.29, 0.717) is 32.7 Å². The highest BCUT2D eigenvalue weighted by Crippen LogP contribution is 2.29. The molecule has 2 aromatic carbocycles. The first-order valence-corrected chi connectivity index (χ1v) is 11.0. The highest BCUT2D eigenvalue weighted by Gasteiger charge is 2.20. The minimum absolute atomic E-state index is 0.182. The van der Waals surface area contributed by atoms with Gasteiger partial charge in [-0.25, -0.2) is 17.7 Å². The number of sulfonamides is 1. The number of aromatic nitrogens is 1. The Labute approximate surface area is 172 Å².